The minimum Gasteiger partial charge on any atom is -0.496 e. The van der Waals surface area contributed by atoms with Gasteiger partial charge in [0, 0.05) is 25.0 Å². The normalized spacial score (nSPS) is 17.7. The minimum atomic E-state index is -3.54. The highest BCUT2D eigenvalue weighted by Gasteiger charge is 2.32. The van der Waals surface area contributed by atoms with E-state index in [1.54, 1.807) is 25.3 Å². The van der Waals surface area contributed by atoms with Gasteiger partial charge in [0.05, 0.1) is 12.0 Å². The van der Waals surface area contributed by atoms with E-state index in [0.717, 1.165) is 18.4 Å². The predicted octanol–water partition coefficient (Wildman–Crippen LogP) is 2.71. The molecule has 2 rings (SSSR count). The molecule has 1 fully saturated rings. The number of piperidine rings is 1. The van der Waals surface area contributed by atoms with Gasteiger partial charge in [-0.2, -0.15) is 4.31 Å². The van der Waals surface area contributed by atoms with Gasteiger partial charge in [-0.05, 0) is 56.9 Å². The zero-order valence-electron chi connectivity index (χ0n) is 16.1. The van der Waals surface area contributed by atoms with E-state index in [0.29, 0.717) is 31.7 Å². The molecular formula is C19H30N2O4S. The second-order valence-electron chi connectivity index (χ2n) is 7.01. The molecule has 0 aliphatic carbocycles. The summed E-state index contributed by atoms with van der Waals surface area (Å²) in [5, 5.41) is 3.04. The number of aryl methyl sites for hydroxylation is 1. The number of carbonyl (C=O) groups excluding carboxylic acids is 1. The van der Waals surface area contributed by atoms with Gasteiger partial charge in [0.25, 0.3) is 0 Å². The largest absolute Gasteiger partial charge is 0.496 e. The first-order chi connectivity index (χ1) is 12.3. The molecule has 0 unspecified atom stereocenters. The second-order valence-corrected chi connectivity index (χ2v) is 8.95. The molecule has 0 aromatic heterocycles. The topological polar surface area (TPSA) is 75.7 Å². The summed E-state index contributed by atoms with van der Waals surface area (Å²) in [5.74, 6) is 0.599. The standard InChI is InChI=1S/C19H30N2O4S/c1-5-6-15(3)20-19(22)16-9-11-21(12-10-16)26(23,24)17-7-8-18(25-4)14(2)13-17/h7-8,13,15-16H,5-6,9-12H2,1-4H3,(H,20,22)/t15-/m1/s1. The number of carbonyl (C=O) groups is 1. The molecule has 146 valence electrons. The van der Waals surface area contributed by atoms with E-state index in [9.17, 15) is 13.2 Å². The summed E-state index contributed by atoms with van der Waals surface area (Å²) in [7, 11) is -1.98. The molecule has 0 spiro atoms. The molecule has 0 bridgehead atoms. The lowest BCUT2D eigenvalue weighted by Gasteiger charge is -2.31. The van der Waals surface area contributed by atoms with E-state index in [1.807, 2.05) is 13.8 Å². The number of sulfonamides is 1. The number of nitrogens with one attached hydrogen (secondary N) is 1. The van der Waals surface area contributed by atoms with Crippen LogP contribution in [0.25, 0.3) is 0 Å². The maximum absolute atomic E-state index is 12.9. The molecular weight excluding hydrogens is 352 g/mol. The van der Waals surface area contributed by atoms with Crippen molar-refractivity contribution < 1.29 is 17.9 Å². The van der Waals surface area contributed by atoms with Crippen LogP contribution in [0.2, 0.25) is 0 Å². The van der Waals surface area contributed by atoms with Crippen molar-refractivity contribution in [1.82, 2.24) is 9.62 Å². The molecule has 1 saturated heterocycles. The van der Waals surface area contributed by atoms with Crippen LogP contribution in [0.3, 0.4) is 0 Å². The quantitative estimate of drug-likeness (QED) is 0.787. The summed E-state index contributed by atoms with van der Waals surface area (Å²) in [6.07, 6.45) is 3.09. The van der Waals surface area contributed by atoms with Crippen molar-refractivity contribution in [2.75, 3.05) is 20.2 Å². The van der Waals surface area contributed by atoms with Gasteiger partial charge in [-0.15, -0.1) is 0 Å². The number of benzene rings is 1. The van der Waals surface area contributed by atoms with Crippen molar-refractivity contribution in [2.24, 2.45) is 5.92 Å². The van der Waals surface area contributed by atoms with E-state index in [-0.39, 0.29) is 22.8 Å². The van der Waals surface area contributed by atoms with Crippen LogP contribution in [0.4, 0.5) is 0 Å². The maximum Gasteiger partial charge on any atom is 0.243 e. The highest BCUT2D eigenvalue weighted by Crippen LogP contribution is 2.27. The van der Waals surface area contributed by atoms with Crippen LogP contribution in [0.5, 0.6) is 5.75 Å². The van der Waals surface area contributed by atoms with Crippen LogP contribution in [0.1, 0.15) is 45.1 Å². The molecule has 1 aliphatic rings. The van der Waals surface area contributed by atoms with Crippen molar-refractivity contribution in [1.29, 1.82) is 0 Å². The minimum absolute atomic E-state index is 0.0447. The van der Waals surface area contributed by atoms with Gasteiger partial charge in [0.1, 0.15) is 5.75 Å². The third kappa shape index (κ3) is 4.76. The lowest BCUT2D eigenvalue weighted by Crippen LogP contribution is -2.44. The number of amides is 1. The van der Waals surface area contributed by atoms with E-state index in [4.69, 9.17) is 4.74 Å². The van der Waals surface area contributed by atoms with E-state index in [2.05, 4.69) is 12.2 Å². The summed E-state index contributed by atoms with van der Waals surface area (Å²) in [4.78, 5) is 12.6. The van der Waals surface area contributed by atoms with E-state index >= 15 is 0 Å². The van der Waals surface area contributed by atoms with Crippen molar-refractivity contribution in [3.05, 3.63) is 23.8 Å². The average molecular weight is 383 g/mol. The summed E-state index contributed by atoms with van der Waals surface area (Å²) in [6.45, 7) is 6.66. The Bertz CT molecular complexity index is 725. The Morgan fingerprint density at radius 2 is 2.00 bits per heavy atom. The fourth-order valence-corrected chi connectivity index (χ4v) is 4.94. The molecule has 7 heteroatoms. The molecule has 1 heterocycles. The number of nitrogens with zero attached hydrogens (tertiary/aromatic N) is 1. The summed E-state index contributed by atoms with van der Waals surface area (Å²) >= 11 is 0. The van der Waals surface area contributed by atoms with Crippen LogP contribution in [0.15, 0.2) is 23.1 Å². The molecule has 1 aromatic carbocycles. The summed E-state index contributed by atoms with van der Waals surface area (Å²) < 4.78 is 32.4. The number of methoxy groups -OCH3 is 1. The average Bonchev–Trinajstić information content (AvgIpc) is 2.61. The van der Waals surface area contributed by atoms with Crippen molar-refractivity contribution >= 4 is 15.9 Å². The highest BCUT2D eigenvalue weighted by molar-refractivity contribution is 7.89. The molecule has 6 nitrogen and oxygen atoms in total. The molecule has 1 amide bonds. The molecule has 0 radical (unpaired) electrons. The van der Waals surface area contributed by atoms with Crippen molar-refractivity contribution in [2.45, 2.75) is 57.4 Å². The van der Waals surface area contributed by atoms with Gasteiger partial charge in [0.2, 0.25) is 15.9 Å². The summed E-state index contributed by atoms with van der Waals surface area (Å²) in [6, 6.07) is 5.06. The molecule has 1 aromatic rings. The van der Waals surface area contributed by atoms with Gasteiger partial charge in [0.15, 0.2) is 0 Å². The van der Waals surface area contributed by atoms with Crippen LogP contribution >= 0.6 is 0 Å². The van der Waals surface area contributed by atoms with Crippen LogP contribution in [0, 0.1) is 12.8 Å². The zero-order chi connectivity index (χ0) is 19.3. The van der Waals surface area contributed by atoms with Crippen LogP contribution < -0.4 is 10.1 Å². The van der Waals surface area contributed by atoms with Gasteiger partial charge in [-0.1, -0.05) is 13.3 Å². The Labute approximate surface area is 157 Å². The molecule has 0 saturated carbocycles. The number of rotatable bonds is 7. The van der Waals surface area contributed by atoms with Crippen LogP contribution in [-0.2, 0) is 14.8 Å². The number of hydrogen-bond donors (Lipinski definition) is 1. The lowest BCUT2D eigenvalue weighted by molar-refractivity contribution is -0.126. The molecule has 26 heavy (non-hydrogen) atoms. The Morgan fingerprint density at radius 3 is 2.54 bits per heavy atom. The van der Waals surface area contributed by atoms with Crippen LogP contribution in [-0.4, -0.2) is 44.9 Å². The SMILES string of the molecule is CCC[C@@H](C)NC(=O)C1CCN(S(=O)(=O)c2ccc(OC)c(C)c2)CC1. The Morgan fingerprint density at radius 1 is 1.35 bits per heavy atom. The van der Waals surface area contributed by atoms with E-state index < -0.39 is 10.0 Å². The van der Waals surface area contributed by atoms with Crippen molar-refractivity contribution in [3.8, 4) is 5.75 Å². The monoisotopic (exact) mass is 382 g/mol. The van der Waals surface area contributed by atoms with Gasteiger partial charge < -0.3 is 10.1 Å². The van der Waals surface area contributed by atoms with Gasteiger partial charge in [-0.3, -0.25) is 4.79 Å². The molecule has 1 N–H and O–H groups in total. The maximum atomic E-state index is 12.9. The second kappa shape index (κ2) is 8.86. The first-order valence-electron chi connectivity index (χ1n) is 9.24. The fourth-order valence-electron chi connectivity index (χ4n) is 3.38. The third-order valence-corrected chi connectivity index (χ3v) is 6.83. The Kier molecular flexibility index (Phi) is 7.06. The van der Waals surface area contributed by atoms with Crippen molar-refractivity contribution in [3.63, 3.8) is 0 Å². The third-order valence-electron chi connectivity index (χ3n) is 4.94. The van der Waals surface area contributed by atoms with E-state index in [1.165, 1.54) is 4.31 Å². The Hall–Kier alpha value is -1.60. The molecule has 1 aliphatic heterocycles. The molecule has 1 atom stereocenters. The predicted molar refractivity (Wildman–Crippen MR) is 102 cm³/mol. The number of ether oxygens (including phenoxy) is 1. The fraction of sp³-hybridized carbons (Fsp3) is 0.632. The number of hydrogen-bond acceptors (Lipinski definition) is 4. The smallest absolute Gasteiger partial charge is 0.243 e. The Balaban J connectivity index is 2.00. The first kappa shape index (κ1) is 20.7. The highest BCUT2D eigenvalue weighted by atomic mass is 32.2. The first-order valence-corrected chi connectivity index (χ1v) is 10.7. The zero-order valence-corrected chi connectivity index (χ0v) is 16.9. The lowest BCUT2D eigenvalue weighted by atomic mass is 9.96. The van der Waals surface area contributed by atoms with Gasteiger partial charge in [-0.25, -0.2) is 8.42 Å². The van der Waals surface area contributed by atoms with Gasteiger partial charge >= 0.3 is 0 Å². The summed E-state index contributed by atoms with van der Waals surface area (Å²) in [5.41, 5.74) is 0.785.